The Hall–Kier alpha value is -2.50. The van der Waals surface area contributed by atoms with Crippen molar-refractivity contribution in [2.45, 2.75) is 6.61 Å². The van der Waals surface area contributed by atoms with Crippen LogP contribution in [0, 0.1) is 11.8 Å². The van der Waals surface area contributed by atoms with Gasteiger partial charge in [-0.1, -0.05) is 12.1 Å². The van der Waals surface area contributed by atoms with E-state index in [0.717, 1.165) is 12.3 Å². The lowest BCUT2D eigenvalue weighted by Gasteiger charge is -2.06. The van der Waals surface area contributed by atoms with Crippen LogP contribution in [0.1, 0.15) is 15.9 Å². The summed E-state index contributed by atoms with van der Waals surface area (Å²) in [5, 5.41) is 0. The van der Waals surface area contributed by atoms with Gasteiger partial charge in [0.2, 0.25) is 5.95 Å². The molecule has 0 bridgehead atoms. The van der Waals surface area contributed by atoms with Crippen molar-refractivity contribution in [3.8, 4) is 5.75 Å². The van der Waals surface area contributed by atoms with Gasteiger partial charge in [0.25, 0.3) is 0 Å². The zero-order chi connectivity index (χ0) is 14.5. The average Bonchev–Trinajstić information content (AvgIpc) is 2.48. The molecule has 6 heteroatoms. The third kappa shape index (κ3) is 3.09. The van der Waals surface area contributed by atoms with Gasteiger partial charge in [0, 0.05) is 6.20 Å². The molecule has 0 radical (unpaired) electrons. The van der Waals surface area contributed by atoms with E-state index in [0.29, 0.717) is 11.3 Å². The molecule has 2 rings (SSSR count). The van der Waals surface area contributed by atoms with Crippen LogP contribution in [0.25, 0.3) is 0 Å². The Bertz CT molecular complexity index is 614. The van der Waals surface area contributed by atoms with Crippen LogP contribution in [0.2, 0.25) is 0 Å². The van der Waals surface area contributed by atoms with Gasteiger partial charge in [-0.05, 0) is 23.8 Å². The molecule has 0 aliphatic carbocycles. The van der Waals surface area contributed by atoms with Crippen LogP contribution in [0.5, 0.6) is 5.75 Å². The van der Waals surface area contributed by atoms with E-state index in [1.807, 2.05) is 0 Å². The summed E-state index contributed by atoms with van der Waals surface area (Å²) in [6.45, 7) is -0.0494. The molecule has 4 nitrogen and oxygen atoms in total. The second-order valence-corrected chi connectivity index (χ2v) is 3.89. The Labute approximate surface area is 114 Å². The molecule has 2 aromatic rings. The fraction of sp³-hybridized carbons (Fsp3) is 0.143. The third-order valence-corrected chi connectivity index (χ3v) is 2.60. The Morgan fingerprint density at radius 1 is 1.20 bits per heavy atom. The van der Waals surface area contributed by atoms with Gasteiger partial charge in [-0.3, -0.25) is 0 Å². The maximum Gasteiger partial charge on any atom is 0.341 e. The minimum atomic E-state index is -1.33. The molecule has 1 aromatic heterocycles. The maximum absolute atomic E-state index is 13.3. The van der Waals surface area contributed by atoms with Crippen molar-refractivity contribution in [2.24, 2.45) is 0 Å². The lowest BCUT2D eigenvalue weighted by atomic mass is 10.2. The third-order valence-electron chi connectivity index (χ3n) is 2.60. The zero-order valence-electron chi connectivity index (χ0n) is 10.6. The fourth-order valence-corrected chi connectivity index (χ4v) is 1.52. The number of nitrogens with zero attached hydrogens (tertiary/aromatic N) is 1. The fourth-order valence-electron chi connectivity index (χ4n) is 1.52. The van der Waals surface area contributed by atoms with E-state index in [1.165, 1.54) is 7.11 Å². The number of carbonyl (C=O) groups excluding carboxylic acids is 1. The molecule has 0 amide bonds. The summed E-state index contributed by atoms with van der Waals surface area (Å²) in [5.41, 5.74) is 0.222. The Morgan fingerprint density at radius 2 is 1.90 bits per heavy atom. The first-order valence-electron chi connectivity index (χ1n) is 5.72. The van der Waals surface area contributed by atoms with Gasteiger partial charge >= 0.3 is 5.97 Å². The van der Waals surface area contributed by atoms with Crippen LogP contribution >= 0.6 is 0 Å². The van der Waals surface area contributed by atoms with Gasteiger partial charge in [0.1, 0.15) is 17.9 Å². The first kappa shape index (κ1) is 13.9. The van der Waals surface area contributed by atoms with Gasteiger partial charge in [0.15, 0.2) is 5.82 Å². The second kappa shape index (κ2) is 6.10. The summed E-state index contributed by atoms with van der Waals surface area (Å²) in [6.07, 6.45) is 1.00. The van der Waals surface area contributed by atoms with Crippen molar-refractivity contribution < 1.29 is 23.0 Å². The van der Waals surface area contributed by atoms with Crippen molar-refractivity contribution in [3.63, 3.8) is 0 Å². The summed E-state index contributed by atoms with van der Waals surface area (Å²) in [6, 6.07) is 7.88. The first-order chi connectivity index (χ1) is 9.61. The smallest absolute Gasteiger partial charge is 0.341 e. The van der Waals surface area contributed by atoms with Crippen molar-refractivity contribution in [2.75, 3.05) is 7.11 Å². The van der Waals surface area contributed by atoms with Crippen LogP contribution < -0.4 is 4.74 Å². The monoisotopic (exact) mass is 279 g/mol. The Morgan fingerprint density at radius 3 is 2.55 bits per heavy atom. The molecule has 1 aromatic carbocycles. The molecule has 0 saturated carbocycles. The number of rotatable bonds is 4. The highest BCUT2D eigenvalue weighted by Crippen LogP contribution is 2.14. The minimum absolute atomic E-state index is 0.0494. The number of esters is 1. The van der Waals surface area contributed by atoms with E-state index < -0.39 is 23.3 Å². The molecule has 0 atom stereocenters. The van der Waals surface area contributed by atoms with Crippen LogP contribution in [-0.4, -0.2) is 18.1 Å². The minimum Gasteiger partial charge on any atom is -0.497 e. The predicted octanol–water partition coefficient (Wildman–Crippen LogP) is 2.73. The number of aromatic nitrogens is 1. The van der Waals surface area contributed by atoms with E-state index in [2.05, 4.69) is 4.98 Å². The molecule has 104 valence electrons. The van der Waals surface area contributed by atoms with Crippen LogP contribution in [-0.2, 0) is 11.3 Å². The van der Waals surface area contributed by atoms with E-state index in [1.54, 1.807) is 24.3 Å². The van der Waals surface area contributed by atoms with Crippen molar-refractivity contribution in [1.29, 1.82) is 0 Å². The van der Waals surface area contributed by atoms with Gasteiger partial charge in [0.05, 0.1) is 7.11 Å². The standard InChI is InChI=1S/C14H11F2NO3/c1-19-10-4-2-9(3-5-10)8-20-14(18)11-6-7-17-13(16)12(11)15/h2-7H,8H2,1H3. The number of benzene rings is 1. The molecule has 20 heavy (non-hydrogen) atoms. The van der Waals surface area contributed by atoms with E-state index in [9.17, 15) is 13.6 Å². The Kier molecular flexibility index (Phi) is 4.24. The summed E-state index contributed by atoms with van der Waals surface area (Å²) in [7, 11) is 1.54. The van der Waals surface area contributed by atoms with Crippen molar-refractivity contribution >= 4 is 5.97 Å². The van der Waals surface area contributed by atoms with Crippen molar-refractivity contribution in [1.82, 2.24) is 4.98 Å². The summed E-state index contributed by atoms with van der Waals surface area (Å²) >= 11 is 0. The van der Waals surface area contributed by atoms with Crippen molar-refractivity contribution in [3.05, 3.63) is 59.4 Å². The van der Waals surface area contributed by atoms with Gasteiger partial charge in [-0.25, -0.2) is 14.2 Å². The molecule has 1 heterocycles. The summed E-state index contributed by atoms with van der Waals surface area (Å²) in [5.74, 6) is -2.92. The largest absolute Gasteiger partial charge is 0.497 e. The number of hydrogen-bond donors (Lipinski definition) is 0. The highest BCUT2D eigenvalue weighted by atomic mass is 19.2. The number of hydrogen-bond acceptors (Lipinski definition) is 4. The number of carbonyl (C=O) groups is 1. The molecule has 0 aliphatic rings. The number of pyridine rings is 1. The SMILES string of the molecule is COc1ccc(COC(=O)c2ccnc(F)c2F)cc1. The highest BCUT2D eigenvalue weighted by molar-refractivity contribution is 5.89. The van der Waals surface area contributed by atoms with Crippen LogP contribution in [0.3, 0.4) is 0 Å². The average molecular weight is 279 g/mol. The molecule has 0 aliphatic heterocycles. The summed E-state index contributed by atoms with van der Waals surface area (Å²) < 4.78 is 36.1. The van der Waals surface area contributed by atoms with Gasteiger partial charge in [-0.15, -0.1) is 0 Å². The molecule has 0 N–H and O–H groups in total. The lowest BCUT2D eigenvalue weighted by molar-refractivity contribution is 0.0465. The van der Waals surface area contributed by atoms with E-state index >= 15 is 0 Å². The Balaban J connectivity index is 2.02. The van der Waals surface area contributed by atoms with E-state index in [4.69, 9.17) is 9.47 Å². The number of ether oxygens (including phenoxy) is 2. The van der Waals surface area contributed by atoms with E-state index in [-0.39, 0.29) is 6.61 Å². The number of methoxy groups -OCH3 is 1. The molecule has 0 unspecified atom stereocenters. The molecular formula is C14H11F2NO3. The quantitative estimate of drug-likeness (QED) is 0.638. The lowest BCUT2D eigenvalue weighted by Crippen LogP contribution is -2.09. The summed E-state index contributed by atoms with van der Waals surface area (Å²) in [4.78, 5) is 14.7. The second-order valence-electron chi connectivity index (χ2n) is 3.89. The topological polar surface area (TPSA) is 48.4 Å². The normalized spacial score (nSPS) is 10.2. The molecule has 0 fully saturated rings. The molecule has 0 spiro atoms. The highest BCUT2D eigenvalue weighted by Gasteiger charge is 2.17. The van der Waals surface area contributed by atoms with Gasteiger partial charge in [-0.2, -0.15) is 4.39 Å². The van der Waals surface area contributed by atoms with Gasteiger partial charge < -0.3 is 9.47 Å². The molecule has 0 saturated heterocycles. The van der Waals surface area contributed by atoms with Crippen LogP contribution in [0.15, 0.2) is 36.5 Å². The molecular weight excluding hydrogens is 268 g/mol. The zero-order valence-corrected chi connectivity index (χ0v) is 10.6. The van der Waals surface area contributed by atoms with Crippen LogP contribution in [0.4, 0.5) is 8.78 Å². The number of halogens is 2. The predicted molar refractivity (Wildman–Crippen MR) is 66.3 cm³/mol. The maximum atomic E-state index is 13.3. The first-order valence-corrected chi connectivity index (χ1v) is 5.72.